The number of aliphatic hydroxyl groups is 1. The molecular weight excluding hydrogens is 352 g/mol. The number of aryl methyl sites for hydroxylation is 1. The van der Waals surface area contributed by atoms with E-state index in [1.165, 1.54) is 0 Å². The fourth-order valence-electron chi connectivity index (χ4n) is 4.01. The van der Waals surface area contributed by atoms with Gasteiger partial charge >= 0.3 is 6.03 Å². The van der Waals surface area contributed by atoms with Crippen molar-refractivity contribution >= 4 is 23.3 Å². The largest absolute Gasteiger partial charge is 0.395 e. The van der Waals surface area contributed by atoms with Gasteiger partial charge in [-0.2, -0.15) is 0 Å². The van der Waals surface area contributed by atoms with Gasteiger partial charge in [0.15, 0.2) is 0 Å². The number of urea groups is 1. The molecule has 2 aliphatic heterocycles. The zero-order valence-corrected chi connectivity index (χ0v) is 16.2. The van der Waals surface area contributed by atoms with Crippen molar-refractivity contribution in [1.29, 1.82) is 0 Å². The van der Waals surface area contributed by atoms with Crippen molar-refractivity contribution in [3.05, 3.63) is 16.1 Å². The first-order valence-electron chi connectivity index (χ1n) is 9.40. The van der Waals surface area contributed by atoms with Gasteiger partial charge in [0, 0.05) is 43.4 Å². The van der Waals surface area contributed by atoms with Crippen LogP contribution in [0.2, 0.25) is 0 Å². The number of aromatic nitrogens is 1. The summed E-state index contributed by atoms with van der Waals surface area (Å²) in [4.78, 5) is 32.8. The summed E-state index contributed by atoms with van der Waals surface area (Å²) in [6, 6.07) is -0.0549. The first kappa shape index (κ1) is 19.1. The van der Waals surface area contributed by atoms with E-state index in [0.29, 0.717) is 32.6 Å². The maximum Gasteiger partial charge on any atom is 0.317 e. The SMILES string of the molecule is CCc1nc(CNC(=O)N2CCC[C@@]3(CCC(=O)N(CCO)C3)C2)cs1. The van der Waals surface area contributed by atoms with E-state index in [9.17, 15) is 14.7 Å². The van der Waals surface area contributed by atoms with E-state index in [2.05, 4.69) is 17.2 Å². The van der Waals surface area contributed by atoms with Crippen molar-refractivity contribution in [2.75, 3.05) is 32.8 Å². The molecule has 26 heavy (non-hydrogen) atoms. The van der Waals surface area contributed by atoms with Crippen molar-refractivity contribution in [2.45, 2.75) is 45.6 Å². The average Bonchev–Trinajstić information content (AvgIpc) is 3.11. The maximum atomic E-state index is 12.6. The normalized spacial score (nSPS) is 23.5. The lowest BCUT2D eigenvalue weighted by Crippen LogP contribution is -2.56. The minimum absolute atomic E-state index is 0.0145. The first-order valence-corrected chi connectivity index (χ1v) is 10.3. The highest BCUT2D eigenvalue weighted by Gasteiger charge is 2.42. The van der Waals surface area contributed by atoms with Crippen LogP contribution in [-0.2, 0) is 17.8 Å². The lowest BCUT2D eigenvalue weighted by Gasteiger charge is -2.48. The number of carbonyl (C=O) groups is 2. The molecule has 1 spiro atoms. The number of carbonyl (C=O) groups excluding carboxylic acids is 2. The molecule has 0 saturated carbocycles. The predicted octanol–water partition coefficient (Wildman–Crippen LogP) is 1.61. The monoisotopic (exact) mass is 380 g/mol. The van der Waals surface area contributed by atoms with E-state index >= 15 is 0 Å². The van der Waals surface area contributed by atoms with E-state index < -0.39 is 0 Å². The second-order valence-electron chi connectivity index (χ2n) is 7.31. The van der Waals surface area contributed by atoms with Crippen LogP contribution in [0, 0.1) is 5.41 Å². The van der Waals surface area contributed by atoms with E-state index in [4.69, 9.17) is 0 Å². The minimum Gasteiger partial charge on any atom is -0.395 e. The molecule has 3 heterocycles. The molecular formula is C18H28N4O3S. The Hall–Kier alpha value is -1.67. The number of piperidine rings is 2. The number of β-amino-alcohol motifs (C(OH)–C–C–N with tert-alkyl or cyclic N) is 1. The number of rotatable bonds is 5. The Morgan fingerprint density at radius 1 is 1.42 bits per heavy atom. The minimum atomic E-state index is -0.0549. The van der Waals surface area contributed by atoms with E-state index in [1.54, 1.807) is 16.2 Å². The van der Waals surface area contributed by atoms with Crippen molar-refractivity contribution in [3.8, 4) is 0 Å². The van der Waals surface area contributed by atoms with Gasteiger partial charge in [0.05, 0.1) is 23.9 Å². The molecule has 7 nitrogen and oxygen atoms in total. The Morgan fingerprint density at radius 2 is 2.27 bits per heavy atom. The van der Waals surface area contributed by atoms with Gasteiger partial charge in [0.25, 0.3) is 0 Å². The van der Waals surface area contributed by atoms with Crippen LogP contribution in [-0.4, -0.2) is 64.6 Å². The van der Waals surface area contributed by atoms with Crippen LogP contribution < -0.4 is 5.32 Å². The third-order valence-electron chi connectivity index (χ3n) is 5.39. The summed E-state index contributed by atoms with van der Waals surface area (Å²) in [6.07, 6.45) is 4.22. The van der Waals surface area contributed by atoms with Crippen LogP contribution in [0.3, 0.4) is 0 Å². The molecule has 144 valence electrons. The lowest BCUT2D eigenvalue weighted by molar-refractivity contribution is -0.139. The molecule has 0 aromatic carbocycles. The van der Waals surface area contributed by atoms with Crippen LogP contribution in [0.5, 0.6) is 0 Å². The summed E-state index contributed by atoms with van der Waals surface area (Å²) >= 11 is 1.63. The van der Waals surface area contributed by atoms with Crippen LogP contribution in [0.4, 0.5) is 4.79 Å². The van der Waals surface area contributed by atoms with Crippen LogP contribution >= 0.6 is 11.3 Å². The quantitative estimate of drug-likeness (QED) is 0.813. The van der Waals surface area contributed by atoms with E-state index in [1.807, 2.05) is 10.3 Å². The smallest absolute Gasteiger partial charge is 0.317 e. The topological polar surface area (TPSA) is 85.8 Å². The van der Waals surface area contributed by atoms with Crippen molar-refractivity contribution in [1.82, 2.24) is 20.1 Å². The Labute approximate surface area is 158 Å². The van der Waals surface area contributed by atoms with Gasteiger partial charge in [-0.1, -0.05) is 6.92 Å². The van der Waals surface area contributed by atoms with Gasteiger partial charge in [-0.15, -0.1) is 11.3 Å². The Morgan fingerprint density at radius 3 is 3.00 bits per heavy atom. The number of likely N-dealkylation sites (tertiary alicyclic amines) is 2. The Kier molecular flexibility index (Phi) is 6.13. The van der Waals surface area contributed by atoms with Gasteiger partial charge in [-0.05, 0) is 25.7 Å². The van der Waals surface area contributed by atoms with Crippen LogP contribution in [0.25, 0.3) is 0 Å². The summed E-state index contributed by atoms with van der Waals surface area (Å²) in [6.45, 7) is 4.96. The zero-order chi connectivity index (χ0) is 18.6. The number of nitrogens with one attached hydrogen (secondary N) is 1. The number of hydrogen-bond donors (Lipinski definition) is 2. The molecule has 2 aliphatic rings. The second-order valence-corrected chi connectivity index (χ2v) is 8.25. The van der Waals surface area contributed by atoms with Gasteiger partial charge in [-0.3, -0.25) is 4.79 Å². The molecule has 8 heteroatoms. The standard InChI is InChI=1S/C18H28N4O3S/c1-2-15-20-14(11-26-15)10-19-17(25)22-7-3-5-18(13-22)6-4-16(24)21(12-18)8-9-23/h11,23H,2-10,12-13H2,1H3,(H,19,25)/t18-/m0/s1. The molecule has 1 atom stereocenters. The van der Waals surface area contributed by atoms with E-state index in [-0.39, 0.29) is 24.0 Å². The molecule has 1 aromatic rings. The van der Waals surface area contributed by atoms with Gasteiger partial charge in [-0.25, -0.2) is 9.78 Å². The fourth-order valence-corrected chi connectivity index (χ4v) is 4.76. The summed E-state index contributed by atoms with van der Waals surface area (Å²) in [5.41, 5.74) is 0.874. The van der Waals surface area contributed by atoms with Crippen molar-refractivity contribution < 1.29 is 14.7 Å². The van der Waals surface area contributed by atoms with Gasteiger partial charge in [0.1, 0.15) is 0 Å². The molecule has 2 fully saturated rings. The Bertz CT molecular complexity index is 650. The van der Waals surface area contributed by atoms with Gasteiger partial charge < -0.3 is 20.2 Å². The molecule has 1 aromatic heterocycles. The molecule has 3 rings (SSSR count). The number of amides is 3. The number of hydrogen-bond acceptors (Lipinski definition) is 5. The van der Waals surface area contributed by atoms with Crippen molar-refractivity contribution in [2.24, 2.45) is 5.41 Å². The zero-order valence-electron chi connectivity index (χ0n) is 15.4. The van der Waals surface area contributed by atoms with Crippen LogP contribution in [0.1, 0.15) is 43.3 Å². The Balaban J connectivity index is 1.57. The summed E-state index contributed by atoms with van der Waals surface area (Å²) < 4.78 is 0. The fraction of sp³-hybridized carbons (Fsp3) is 0.722. The maximum absolute atomic E-state index is 12.6. The van der Waals surface area contributed by atoms with Crippen molar-refractivity contribution in [3.63, 3.8) is 0 Å². The first-order chi connectivity index (χ1) is 12.5. The molecule has 0 radical (unpaired) electrons. The molecule has 0 unspecified atom stereocenters. The number of nitrogens with zero attached hydrogens (tertiary/aromatic N) is 3. The number of thiazole rings is 1. The predicted molar refractivity (Wildman–Crippen MR) is 99.9 cm³/mol. The molecule has 2 saturated heterocycles. The summed E-state index contributed by atoms with van der Waals surface area (Å²) in [7, 11) is 0. The highest BCUT2D eigenvalue weighted by molar-refractivity contribution is 7.09. The third-order valence-corrected chi connectivity index (χ3v) is 6.43. The highest BCUT2D eigenvalue weighted by Crippen LogP contribution is 2.38. The highest BCUT2D eigenvalue weighted by atomic mass is 32.1. The van der Waals surface area contributed by atoms with Crippen LogP contribution in [0.15, 0.2) is 5.38 Å². The third kappa shape index (κ3) is 4.35. The average molecular weight is 381 g/mol. The second kappa shape index (κ2) is 8.35. The molecule has 0 aliphatic carbocycles. The number of aliphatic hydroxyl groups excluding tert-OH is 1. The molecule has 3 amide bonds. The summed E-state index contributed by atoms with van der Waals surface area (Å²) in [5.74, 6) is 0.113. The van der Waals surface area contributed by atoms with Gasteiger partial charge in [0.2, 0.25) is 5.91 Å². The lowest BCUT2D eigenvalue weighted by atomic mass is 9.73. The summed E-state index contributed by atoms with van der Waals surface area (Å²) in [5, 5.41) is 15.3. The van der Waals surface area contributed by atoms with E-state index in [0.717, 1.165) is 42.9 Å². The molecule has 0 bridgehead atoms. The molecule has 2 N–H and O–H groups in total.